The highest BCUT2D eigenvalue weighted by atomic mass is 19.4. The first-order chi connectivity index (χ1) is 11.0. The van der Waals surface area contributed by atoms with Crippen molar-refractivity contribution in [3.05, 3.63) is 47.4 Å². The molecule has 128 valence electrons. The van der Waals surface area contributed by atoms with Crippen molar-refractivity contribution in [3.63, 3.8) is 0 Å². The number of ether oxygens (including phenoxy) is 1. The van der Waals surface area contributed by atoms with Crippen LogP contribution in [0.2, 0.25) is 0 Å². The number of hydrogen-bond acceptors (Lipinski definition) is 4. The van der Waals surface area contributed by atoms with Crippen LogP contribution in [-0.2, 0) is 12.4 Å². The molecule has 0 atom stereocenters. The fourth-order valence-corrected chi connectivity index (χ4v) is 1.73. The van der Waals surface area contributed by atoms with Crippen molar-refractivity contribution < 1.29 is 35.9 Å². The minimum Gasteiger partial charge on any atom is -0.437 e. The molecule has 0 unspecified atom stereocenters. The van der Waals surface area contributed by atoms with E-state index < -0.39 is 41.0 Å². The maximum absolute atomic E-state index is 12.9. The molecular formula is C14H8F6N2O2. The van der Waals surface area contributed by atoms with Crippen molar-refractivity contribution in [2.75, 3.05) is 0 Å². The third-order valence-corrected chi connectivity index (χ3v) is 2.77. The van der Waals surface area contributed by atoms with Crippen LogP contribution < -0.4 is 4.74 Å². The summed E-state index contributed by atoms with van der Waals surface area (Å²) in [5.41, 5.74) is -3.25. The molecule has 0 N–H and O–H groups in total. The van der Waals surface area contributed by atoms with Gasteiger partial charge in [0.25, 0.3) is 0 Å². The molecule has 0 aliphatic carbocycles. The highest BCUT2D eigenvalue weighted by molar-refractivity contribution is 5.95. The Labute approximate surface area is 131 Å². The smallest absolute Gasteiger partial charge is 0.434 e. The Morgan fingerprint density at radius 2 is 1.67 bits per heavy atom. The van der Waals surface area contributed by atoms with Crippen LogP contribution in [0.5, 0.6) is 11.6 Å². The topological polar surface area (TPSA) is 52.1 Å². The van der Waals surface area contributed by atoms with E-state index in [-0.39, 0.29) is 5.75 Å². The fourth-order valence-electron chi connectivity index (χ4n) is 1.73. The third kappa shape index (κ3) is 4.00. The molecule has 0 saturated heterocycles. The lowest BCUT2D eigenvalue weighted by Gasteiger charge is -2.12. The Bertz CT molecular complexity index is 753. The fraction of sp³-hybridized carbons (Fsp3) is 0.214. The number of halogens is 6. The molecule has 0 saturated carbocycles. The molecule has 2 heterocycles. The first kappa shape index (κ1) is 17.7. The Morgan fingerprint density at radius 3 is 2.12 bits per heavy atom. The quantitative estimate of drug-likeness (QED) is 0.604. The number of Topliss-reactive ketones (excluding diaryl/α,β-unsaturated/α-hetero) is 1. The summed E-state index contributed by atoms with van der Waals surface area (Å²) in [5, 5.41) is 0. The second-order valence-electron chi connectivity index (χ2n) is 4.58. The lowest BCUT2D eigenvalue weighted by Crippen LogP contribution is -2.14. The summed E-state index contributed by atoms with van der Waals surface area (Å²) in [6, 6.07) is 3.39. The summed E-state index contributed by atoms with van der Waals surface area (Å²) < 4.78 is 80.8. The Hall–Kier alpha value is -2.65. The van der Waals surface area contributed by atoms with Crippen LogP contribution >= 0.6 is 0 Å². The zero-order chi connectivity index (χ0) is 18.1. The average molecular weight is 350 g/mol. The number of carbonyl (C=O) groups excluding carboxylic acids is 1. The van der Waals surface area contributed by atoms with Gasteiger partial charge in [-0.05, 0) is 25.1 Å². The van der Waals surface area contributed by atoms with Gasteiger partial charge < -0.3 is 4.74 Å². The second kappa shape index (κ2) is 6.10. The van der Waals surface area contributed by atoms with Crippen LogP contribution in [0.15, 0.2) is 30.5 Å². The Morgan fingerprint density at radius 1 is 1.00 bits per heavy atom. The molecule has 24 heavy (non-hydrogen) atoms. The summed E-state index contributed by atoms with van der Waals surface area (Å²) in [6.07, 6.45) is -8.83. The molecule has 10 heteroatoms. The molecule has 0 aliphatic rings. The lowest BCUT2D eigenvalue weighted by molar-refractivity contribution is -0.142. The van der Waals surface area contributed by atoms with Crippen LogP contribution in [0.3, 0.4) is 0 Å². The van der Waals surface area contributed by atoms with Crippen molar-refractivity contribution in [2.45, 2.75) is 19.3 Å². The van der Waals surface area contributed by atoms with Gasteiger partial charge in [0.15, 0.2) is 11.5 Å². The van der Waals surface area contributed by atoms with Crippen LogP contribution in [-0.4, -0.2) is 15.8 Å². The van der Waals surface area contributed by atoms with E-state index in [0.29, 0.717) is 12.3 Å². The molecule has 0 fully saturated rings. The van der Waals surface area contributed by atoms with Crippen LogP contribution in [0.4, 0.5) is 26.3 Å². The van der Waals surface area contributed by atoms with E-state index in [1.165, 1.54) is 0 Å². The van der Waals surface area contributed by atoms with Crippen molar-refractivity contribution in [3.8, 4) is 11.6 Å². The van der Waals surface area contributed by atoms with E-state index in [4.69, 9.17) is 4.74 Å². The van der Waals surface area contributed by atoms with Gasteiger partial charge in [-0.1, -0.05) is 0 Å². The highest BCUT2D eigenvalue weighted by Gasteiger charge is 2.37. The Balaban J connectivity index is 2.32. The molecule has 0 bridgehead atoms. The average Bonchev–Trinajstić information content (AvgIpc) is 2.45. The molecule has 2 aromatic heterocycles. The monoisotopic (exact) mass is 350 g/mol. The maximum atomic E-state index is 12.9. The molecule has 2 aromatic rings. The van der Waals surface area contributed by atoms with Gasteiger partial charge in [-0.15, -0.1) is 0 Å². The molecule has 0 amide bonds. The molecule has 0 aromatic carbocycles. The number of nitrogens with zero attached hydrogens (tertiary/aromatic N) is 2. The van der Waals surface area contributed by atoms with Crippen molar-refractivity contribution in [2.24, 2.45) is 0 Å². The number of rotatable bonds is 3. The number of alkyl halides is 6. The first-order valence-electron chi connectivity index (χ1n) is 6.29. The summed E-state index contributed by atoms with van der Waals surface area (Å²) >= 11 is 0. The predicted molar refractivity (Wildman–Crippen MR) is 68.6 cm³/mol. The highest BCUT2D eigenvalue weighted by Crippen LogP contribution is 2.33. The molecule has 0 radical (unpaired) electrons. The molecule has 0 aliphatic heterocycles. The standard InChI is InChI=1S/C14H8F6N2O2/c1-7(23)9-3-5-11(22-12(9)14(18,19)20)24-8-2-4-10(21-6-8)13(15,16)17/h2-6H,1H3. The Kier molecular flexibility index (Phi) is 4.50. The van der Waals surface area contributed by atoms with Gasteiger partial charge >= 0.3 is 12.4 Å². The van der Waals surface area contributed by atoms with Gasteiger partial charge in [0.05, 0.1) is 6.20 Å². The van der Waals surface area contributed by atoms with Crippen LogP contribution in [0.25, 0.3) is 0 Å². The second-order valence-corrected chi connectivity index (χ2v) is 4.58. The van der Waals surface area contributed by atoms with E-state index in [0.717, 1.165) is 25.1 Å². The van der Waals surface area contributed by atoms with Gasteiger partial charge in [0.2, 0.25) is 5.88 Å². The predicted octanol–water partition coefficient (Wildman–Crippen LogP) is 4.51. The van der Waals surface area contributed by atoms with Crippen molar-refractivity contribution >= 4 is 5.78 Å². The number of hydrogen-bond donors (Lipinski definition) is 0. The van der Waals surface area contributed by atoms with E-state index in [9.17, 15) is 31.1 Å². The number of ketones is 1. The number of aromatic nitrogens is 2. The maximum Gasteiger partial charge on any atom is 0.434 e. The first-order valence-corrected chi connectivity index (χ1v) is 6.29. The van der Waals surface area contributed by atoms with Gasteiger partial charge in [-0.3, -0.25) is 4.79 Å². The van der Waals surface area contributed by atoms with Gasteiger partial charge in [0, 0.05) is 11.6 Å². The third-order valence-electron chi connectivity index (χ3n) is 2.77. The number of carbonyl (C=O) groups is 1. The van der Waals surface area contributed by atoms with Crippen LogP contribution in [0, 0.1) is 0 Å². The van der Waals surface area contributed by atoms with E-state index >= 15 is 0 Å². The molecule has 0 spiro atoms. The van der Waals surface area contributed by atoms with Crippen molar-refractivity contribution in [1.82, 2.24) is 9.97 Å². The van der Waals surface area contributed by atoms with Gasteiger partial charge in [-0.2, -0.15) is 26.3 Å². The number of pyridine rings is 2. The normalized spacial score (nSPS) is 12.1. The molecular weight excluding hydrogens is 342 g/mol. The lowest BCUT2D eigenvalue weighted by atomic mass is 10.1. The van der Waals surface area contributed by atoms with Gasteiger partial charge in [-0.25, -0.2) is 9.97 Å². The zero-order valence-corrected chi connectivity index (χ0v) is 11.9. The van der Waals surface area contributed by atoms with Gasteiger partial charge in [0.1, 0.15) is 11.4 Å². The summed E-state index contributed by atoms with van der Waals surface area (Å²) in [6.45, 7) is 0.951. The summed E-state index contributed by atoms with van der Waals surface area (Å²) in [7, 11) is 0. The van der Waals surface area contributed by atoms with E-state index in [1.807, 2.05) is 0 Å². The van der Waals surface area contributed by atoms with E-state index in [2.05, 4.69) is 9.97 Å². The SMILES string of the molecule is CC(=O)c1ccc(Oc2ccc(C(F)(F)F)nc2)nc1C(F)(F)F. The molecule has 4 nitrogen and oxygen atoms in total. The summed E-state index contributed by atoms with van der Waals surface area (Å²) in [5.74, 6) is -1.61. The van der Waals surface area contributed by atoms with Crippen molar-refractivity contribution in [1.29, 1.82) is 0 Å². The minimum atomic E-state index is -4.89. The summed E-state index contributed by atoms with van der Waals surface area (Å²) in [4.78, 5) is 17.5. The van der Waals surface area contributed by atoms with Crippen LogP contribution in [0.1, 0.15) is 28.7 Å². The largest absolute Gasteiger partial charge is 0.437 e. The minimum absolute atomic E-state index is 0.237. The molecule has 2 rings (SSSR count). The zero-order valence-electron chi connectivity index (χ0n) is 11.9. The van der Waals surface area contributed by atoms with E-state index in [1.54, 1.807) is 0 Å².